The van der Waals surface area contributed by atoms with Crippen LogP contribution in [0.5, 0.6) is 0 Å². The normalized spacial score (nSPS) is 12.9. The van der Waals surface area contributed by atoms with Crippen molar-refractivity contribution in [1.29, 1.82) is 0 Å². The average molecular weight is 365 g/mol. The Balaban J connectivity index is 1.87. The first-order valence-corrected chi connectivity index (χ1v) is 10.1. The minimum atomic E-state index is -0.997. The maximum absolute atomic E-state index is 12.2. The number of hydrogen-bond donors (Lipinski definition) is 2. The molecule has 1 heterocycles. The summed E-state index contributed by atoms with van der Waals surface area (Å²) < 4.78 is 12.2. The first-order valence-electron chi connectivity index (χ1n) is 7.98. The number of rotatable bonds is 7. The number of aryl methyl sites for hydroxylation is 2. The van der Waals surface area contributed by atoms with Crippen molar-refractivity contribution in [2.24, 2.45) is 4.99 Å². The third-order valence-electron chi connectivity index (χ3n) is 3.31. The van der Waals surface area contributed by atoms with E-state index in [-0.39, 0.29) is 0 Å². The van der Waals surface area contributed by atoms with Crippen molar-refractivity contribution >= 4 is 28.1 Å². The predicted octanol–water partition coefficient (Wildman–Crippen LogP) is 2.62. The van der Waals surface area contributed by atoms with Gasteiger partial charge >= 0.3 is 0 Å². The van der Waals surface area contributed by atoms with Gasteiger partial charge in [0.15, 0.2) is 5.96 Å². The minimum absolute atomic E-state index is 0.549. The number of thiazole rings is 1. The molecule has 2 rings (SSSR count). The van der Waals surface area contributed by atoms with E-state index in [0.717, 1.165) is 28.1 Å². The fourth-order valence-corrected chi connectivity index (χ4v) is 4.01. The second-order valence-corrected chi connectivity index (χ2v) is 8.08. The molecule has 24 heavy (non-hydrogen) atoms. The maximum Gasteiger partial charge on any atom is 0.191 e. The summed E-state index contributed by atoms with van der Waals surface area (Å²) >= 11 is 1.68. The van der Waals surface area contributed by atoms with Gasteiger partial charge in [-0.2, -0.15) is 0 Å². The van der Waals surface area contributed by atoms with Gasteiger partial charge in [-0.25, -0.2) is 9.98 Å². The second kappa shape index (κ2) is 9.54. The molecule has 1 aromatic heterocycles. The maximum atomic E-state index is 12.2. The molecule has 1 atom stereocenters. The Morgan fingerprint density at radius 2 is 2.00 bits per heavy atom. The molecule has 0 bridgehead atoms. The molecule has 1 unspecified atom stereocenters. The van der Waals surface area contributed by atoms with Crippen LogP contribution >= 0.6 is 11.3 Å². The predicted molar refractivity (Wildman–Crippen MR) is 102 cm³/mol. The van der Waals surface area contributed by atoms with E-state index >= 15 is 0 Å². The summed E-state index contributed by atoms with van der Waals surface area (Å²) in [6.45, 7) is 8.04. The van der Waals surface area contributed by atoms with Crippen LogP contribution in [0.15, 0.2) is 40.2 Å². The Labute approximate surface area is 150 Å². The molecule has 0 fully saturated rings. The van der Waals surface area contributed by atoms with E-state index in [1.807, 2.05) is 51.1 Å². The molecule has 0 amide bonds. The van der Waals surface area contributed by atoms with Gasteiger partial charge in [0.05, 0.1) is 28.0 Å². The lowest BCUT2D eigenvalue weighted by molar-refractivity contribution is 0.681. The summed E-state index contributed by atoms with van der Waals surface area (Å²) in [7, 11) is -0.997. The topological polar surface area (TPSA) is 66.4 Å². The lowest BCUT2D eigenvalue weighted by Gasteiger charge is -2.11. The Bertz CT molecular complexity index is 698. The molecule has 0 radical (unpaired) electrons. The highest BCUT2D eigenvalue weighted by Gasteiger charge is 2.06. The second-order valence-electron chi connectivity index (χ2n) is 5.23. The van der Waals surface area contributed by atoms with Crippen LogP contribution in [0.3, 0.4) is 0 Å². The van der Waals surface area contributed by atoms with Gasteiger partial charge in [0.1, 0.15) is 0 Å². The molecule has 0 saturated heterocycles. The monoisotopic (exact) mass is 364 g/mol. The molecular weight excluding hydrogens is 340 g/mol. The Hall–Kier alpha value is -1.73. The SMILES string of the molecule is CCNC(=NCc1sc(C)nc1C)NCCS(=O)c1ccccc1. The fourth-order valence-electron chi connectivity index (χ4n) is 2.17. The van der Waals surface area contributed by atoms with Crippen molar-refractivity contribution in [1.82, 2.24) is 15.6 Å². The van der Waals surface area contributed by atoms with Crippen molar-refractivity contribution in [3.05, 3.63) is 45.9 Å². The average Bonchev–Trinajstić information content (AvgIpc) is 2.91. The molecule has 0 spiro atoms. The summed E-state index contributed by atoms with van der Waals surface area (Å²) in [5.74, 6) is 1.29. The van der Waals surface area contributed by atoms with Crippen LogP contribution in [-0.2, 0) is 17.3 Å². The molecule has 0 saturated carbocycles. The van der Waals surface area contributed by atoms with Crippen LogP contribution < -0.4 is 10.6 Å². The van der Waals surface area contributed by atoms with Crippen LogP contribution in [-0.4, -0.2) is 34.0 Å². The molecule has 5 nitrogen and oxygen atoms in total. The molecule has 1 aromatic carbocycles. The van der Waals surface area contributed by atoms with Crippen molar-refractivity contribution in [3.8, 4) is 0 Å². The molecule has 0 aliphatic heterocycles. The quantitative estimate of drug-likeness (QED) is 0.585. The number of nitrogens with zero attached hydrogens (tertiary/aromatic N) is 2. The van der Waals surface area contributed by atoms with Crippen molar-refractivity contribution in [2.45, 2.75) is 32.2 Å². The van der Waals surface area contributed by atoms with Crippen LogP contribution in [0, 0.1) is 13.8 Å². The van der Waals surface area contributed by atoms with E-state index in [1.165, 1.54) is 4.88 Å². The van der Waals surface area contributed by atoms with Gasteiger partial charge in [0.2, 0.25) is 0 Å². The number of aliphatic imine (C=N–C) groups is 1. The molecule has 0 aliphatic rings. The molecule has 0 aliphatic carbocycles. The Morgan fingerprint density at radius 3 is 2.62 bits per heavy atom. The lowest BCUT2D eigenvalue weighted by Crippen LogP contribution is -2.39. The van der Waals surface area contributed by atoms with E-state index in [0.29, 0.717) is 18.8 Å². The van der Waals surface area contributed by atoms with Crippen LogP contribution in [0.4, 0.5) is 0 Å². The first kappa shape index (κ1) is 18.6. The van der Waals surface area contributed by atoms with Gasteiger partial charge in [-0.3, -0.25) is 4.21 Å². The number of nitrogens with one attached hydrogen (secondary N) is 2. The smallest absolute Gasteiger partial charge is 0.191 e. The first-order chi connectivity index (χ1) is 11.6. The standard InChI is InChI=1S/C17H24N4OS2/c1-4-18-17(20-12-16-13(2)21-14(3)23-16)19-10-11-24(22)15-8-6-5-7-9-15/h5-9H,4,10-12H2,1-3H3,(H2,18,19,20). The molecule has 130 valence electrons. The highest BCUT2D eigenvalue weighted by Crippen LogP contribution is 2.17. The van der Waals surface area contributed by atoms with Crippen LogP contribution in [0.25, 0.3) is 0 Å². The number of guanidine groups is 1. The van der Waals surface area contributed by atoms with Crippen molar-refractivity contribution in [2.75, 3.05) is 18.8 Å². The largest absolute Gasteiger partial charge is 0.357 e. The van der Waals surface area contributed by atoms with Crippen molar-refractivity contribution in [3.63, 3.8) is 0 Å². The van der Waals surface area contributed by atoms with Gasteiger partial charge in [0, 0.05) is 28.6 Å². The fraction of sp³-hybridized carbons (Fsp3) is 0.412. The van der Waals surface area contributed by atoms with Gasteiger partial charge < -0.3 is 10.6 Å². The van der Waals surface area contributed by atoms with Crippen molar-refractivity contribution < 1.29 is 4.21 Å². The minimum Gasteiger partial charge on any atom is -0.357 e. The van der Waals surface area contributed by atoms with Gasteiger partial charge in [-0.1, -0.05) is 18.2 Å². The van der Waals surface area contributed by atoms with Gasteiger partial charge in [-0.05, 0) is 32.9 Å². The van der Waals surface area contributed by atoms with E-state index < -0.39 is 10.8 Å². The molecule has 2 N–H and O–H groups in total. The third kappa shape index (κ3) is 5.72. The highest BCUT2D eigenvalue weighted by molar-refractivity contribution is 7.85. The van der Waals surface area contributed by atoms with Crippen LogP contribution in [0.1, 0.15) is 22.5 Å². The Kier molecular flexibility index (Phi) is 7.39. The third-order valence-corrected chi connectivity index (χ3v) is 5.74. The van der Waals surface area contributed by atoms with Gasteiger partial charge in [-0.15, -0.1) is 11.3 Å². The lowest BCUT2D eigenvalue weighted by atomic mass is 10.4. The summed E-state index contributed by atoms with van der Waals surface area (Å²) in [4.78, 5) is 11.1. The molecule has 7 heteroatoms. The summed E-state index contributed by atoms with van der Waals surface area (Å²) in [6.07, 6.45) is 0. The molecule has 2 aromatic rings. The zero-order chi connectivity index (χ0) is 17.4. The van der Waals surface area contributed by atoms with E-state index in [4.69, 9.17) is 0 Å². The summed E-state index contributed by atoms with van der Waals surface area (Å²) in [6, 6.07) is 9.53. The van der Waals surface area contributed by atoms with E-state index in [1.54, 1.807) is 11.3 Å². The zero-order valence-electron chi connectivity index (χ0n) is 14.3. The summed E-state index contributed by atoms with van der Waals surface area (Å²) in [5.41, 5.74) is 1.04. The van der Waals surface area contributed by atoms with Gasteiger partial charge in [0.25, 0.3) is 0 Å². The highest BCUT2D eigenvalue weighted by atomic mass is 32.2. The number of benzene rings is 1. The van der Waals surface area contributed by atoms with Crippen LogP contribution in [0.2, 0.25) is 0 Å². The Morgan fingerprint density at radius 1 is 1.25 bits per heavy atom. The number of aromatic nitrogens is 1. The summed E-state index contributed by atoms with van der Waals surface area (Å²) in [5, 5.41) is 7.53. The number of hydrogen-bond acceptors (Lipinski definition) is 4. The van der Waals surface area contributed by atoms with E-state index in [2.05, 4.69) is 20.6 Å². The zero-order valence-corrected chi connectivity index (χ0v) is 16.0. The molecular formula is C17H24N4OS2. The van der Waals surface area contributed by atoms with E-state index in [9.17, 15) is 4.21 Å².